The summed E-state index contributed by atoms with van der Waals surface area (Å²) in [6.07, 6.45) is 0. The first-order valence-corrected chi connectivity index (χ1v) is 4.65. The van der Waals surface area contributed by atoms with Crippen LogP contribution in [0.15, 0.2) is 24.3 Å². The number of urea groups is 1. The molecule has 0 aliphatic carbocycles. The van der Waals surface area contributed by atoms with Gasteiger partial charge in [0.1, 0.15) is 0 Å². The van der Waals surface area contributed by atoms with Gasteiger partial charge in [-0.25, -0.2) is 4.79 Å². The molecule has 0 atom stereocenters. The number of benzene rings is 1. The molecule has 0 saturated carbocycles. The largest absolute Gasteiger partial charge is 0.336 e. The molecule has 0 unspecified atom stereocenters. The van der Waals surface area contributed by atoms with E-state index in [1.807, 2.05) is 24.3 Å². The number of anilines is 1. The Labute approximate surface area is 94.8 Å². The molecule has 1 aliphatic heterocycles. The van der Waals surface area contributed by atoms with Crippen molar-refractivity contribution in [2.24, 2.45) is 5.73 Å². The number of carbonyl (C=O) groups excluding carboxylic acids is 1. The summed E-state index contributed by atoms with van der Waals surface area (Å²) in [4.78, 5) is 13.0. The van der Waals surface area contributed by atoms with Crippen LogP contribution in [-0.4, -0.2) is 19.1 Å². The normalized spacial score (nSPS) is 14.7. The Morgan fingerprint density at radius 3 is 2.47 bits per heavy atom. The number of nitrogens with two attached hydrogens (primary N) is 1. The molecule has 3 N–H and O–H groups in total. The van der Waals surface area contributed by atoms with Crippen molar-refractivity contribution in [3.8, 4) is 0 Å². The highest BCUT2D eigenvalue weighted by molar-refractivity contribution is 5.93. The zero-order valence-corrected chi connectivity index (χ0v) is 9.09. The number of nitrogens with one attached hydrogen (secondary N) is 1. The smallest absolute Gasteiger partial charge is 0.321 e. The summed E-state index contributed by atoms with van der Waals surface area (Å²) in [6, 6.07) is 7.72. The second-order valence-corrected chi connectivity index (χ2v) is 3.25. The lowest BCUT2D eigenvalue weighted by Crippen LogP contribution is -2.27. The van der Waals surface area contributed by atoms with Crippen LogP contribution in [0.3, 0.4) is 0 Å². The first-order chi connectivity index (χ1) is 6.81. The molecule has 0 bridgehead atoms. The van der Waals surface area contributed by atoms with Gasteiger partial charge >= 0.3 is 6.03 Å². The zero-order chi connectivity index (χ0) is 9.97. The second-order valence-electron chi connectivity index (χ2n) is 3.25. The van der Waals surface area contributed by atoms with Crippen molar-refractivity contribution in [1.82, 2.24) is 5.32 Å². The number of hydrogen-bond acceptors (Lipinski definition) is 2. The number of amides is 2. The number of rotatable bonds is 2. The van der Waals surface area contributed by atoms with Gasteiger partial charge in [0.05, 0.1) is 0 Å². The molecular formula is C10H14ClN3O. The number of carbonyl (C=O) groups is 1. The quantitative estimate of drug-likeness (QED) is 0.795. The molecular weight excluding hydrogens is 214 g/mol. The Hall–Kier alpha value is -1.26. The topological polar surface area (TPSA) is 58.4 Å². The van der Waals surface area contributed by atoms with Gasteiger partial charge in [0.25, 0.3) is 0 Å². The van der Waals surface area contributed by atoms with Crippen LogP contribution in [0.2, 0.25) is 0 Å². The summed E-state index contributed by atoms with van der Waals surface area (Å²) in [5.74, 6) is 0. The fraction of sp³-hybridized carbons (Fsp3) is 0.300. The minimum atomic E-state index is -0.0227. The minimum Gasteiger partial charge on any atom is -0.336 e. The Kier molecular flexibility index (Phi) is 3.94. The standard InChI is InChI=1S/C10H13N3O.ClH/c11-7-8-1-3-9(4-2-8)13-6-5-12-10(13)14;/h1-4H,5-7,11H2,(H,12,14);1H. The van der Waals surface area contributed by atoms with Crippen molar-refractivity contribution >= 4 is 24.1 Å². The van der Waals surface area contributed by atoms with E-state index in [1.165, 1.54) is 0 Å². The van der Waals surface area contributed by atoms with Crippen molar-refractivity contribution in [3.63, 3.8) is 0 Å². The van der Waals surface area contributed by atoms with Crippen LogP contribution in [0.1, 0.15) is 5.56 Å². The molecule has 0 aromatic heterocycles. The molecule has 1 aromatic carbocycles. The Morgan fingerprint density at radius 2 is 2.00 bits per heavy atom. The zero-order valence-electron chi connectivity index (χ0n) is 8.27. The first-order valence-electron chi connectivity index (χ1n) is 4.65. The third kappa shape index (κ3) is 2.40. The summed E-state index contributed by atoms with van der Waals surface area (Å²) < 4.78 is 0. The van der Waals surface area contributed by atoms with E-state index in [4.69, 9.17) is 5.73 Å². The molecule has 1 aliphatic rings. The van der Waals surface area contributed by atoms with Gasteiger partial charge in [-0.2, -0.15) is 0 Å². The van der Waals surface area contributed by atoms with E-state index < -0.39 is 0 Å². The molecule has 82 valence electrons. The molecule has 1 aromatic rings. The molecule has 2 rings (SSSR count). The average Bonchev–Trinajstić information content (AvgIpc) is 2.65. The fourth-order valence-corrected chi connectivity index (χ4v) is 1.53. The van der Waals surface area contributed by atoms with Crippen LogP contribution in [0.5, 0.6) is 0 Å². The summed E-state index contributed by atoms with van der Waals surface area (Å²) >= 11 is 0. The fourth-order valence-electron chi connectivity index (χ4n) is 1.53. The highest BCUT2D eigenvalue weighted by atomic mass is 35.5. The van der Waals surface area contributed by atoms with E-state index in [2.05, 4.69) is 5.32 Å². The summed E-state index contributed by atoms with van der Waals surface area (Å²) in [5, 5.41) is 2.76. The minimum absolute atomic E-state index is 0. The van der Waals surface area contributed by atoms with Gasteiger partial charge < -0.3 is 11.1 Å². The lowest BCUT2D eigenvalue weighted by Gasteiger charge is -2.14. The van der Waals surface area contributed by atoms with Crippen molar-refractivity contribution in [1.29, 1.82) is 0 Å². The van der Waals surface area contributed by atoms with E-state index in [0.717, 1.165) is 24.3 Å². The van der Waals surface area contributed by atoms with Gasteiger partial charge in [0.15, 0.2) is 0 Å². The second kappa shape index (κ2) is 5.00. The van der Waals surface area contributed by atoms with Crippen LogP contribution in [0, 0.1) is 0 Å². The van der Waals surface area contributed by atoms with Gasteiger partial charge in [-0.1, -0.05) is 12.1 Å². The van der Waals surface area contributed by atoms with Crippen molar-refractivity contribution in [2.45, 2.75) is 6.54 Å². The Balaban J connectivity index is 0.00000112. The third-order valence-electron chi connectivity index (χ3n) is 2.34. The lowest BCUT2D eigenvalue weighted by molar-refractivity contribution is 0.252. The predicted octanol–water partition coefficient (Wildman–Crippen LogP) is 1.10. The molecule has 0 spiro atoms. The van der Waals surface area contributed by atoms with Gasteiger partial charge in [-0.05, 0) is 17.7 Å². The van der Waals surface area contributed by atoms with E-state index >= 15 is 0 Å². The molecule has 0 radical (unpaired) electrons. The average molecular weight is 228 g/mol. The van der Waals surface area contributed by atoms with E-state index in [9.17, 15) is 4.79 Å². The van der Waals surface area contributed by atoms with Gasteiger partial charge in [0, 0.05) is 25.3 Å². The molecule has 5 heteroatoms. The maximum atomic E-state index is 11.3. The molecule has 1 fully saturated rings. The number of halogens is 1. The summed E-state index contributed by atoms with van der Waals surface area (Å²) in [7, 11) is 0. The van der Waals surface area contributed by atoms with E-state index in [0.29, 0.717) is 6.54 Å². The SMILES string of the molecule is Cl.NCc1ccc(N2CCNC2=O)cc1. The molecule has 4 nitrogen and oxygen atoms in total. The van der Waals surface area contributed by atoms with E-state index in [-0.39, 0.29) is 18.4 Å². The highest BCUT2D eigenvalue weighted by Crippen LogP contribution is 2.16. The highest BCUT2D eigenvalue weighted by Gasteiger charge is 2.20. The van der Waals surface area contributed by atoms with Crippen molar-refractivity contribution in [3.05, 3.63) is 29.8 Å². The first kappa shape index (κ1) is 11.8. The van der Waals surface area contributed by atoms with Crippen LogP contribution in [0.4, 0.5) is 10.5 Å². The summed E-state index contributed by atoms with van der Waals surface area (Å²) in [5.41, 5.74) is 7.49. The van der Waals surface area contributed by atoms with Gasteiger partial charge in [-0.3, -0.25) is 4.90 Å². The van der Waals surface area contributed by atoms with E-state index in [1.54, 1.807) is 4.90 Å². The van der Waals surface area contributed by atoms with Gasteiger partial charge in [-0.15, -0.1) is 12.4 Å². The molecule has 2 amide bonds. The van der Waals surface area contributed by atoms with Crippen molar-refractivity contribution in [2.75, 3.05) is 18.0 Å². The van der Waals surface area contributed by atoms with Crippen LogP contribution < -0.4 is 16.0 Å². The van der Waals surface area contributed by atoms with Crippen LogP contribution in [0.25, 0.3) is 0 Å². The van der Waals surface area contributed by atoms with Crippen molar-refractivity contribution < 1.29 is 4.79 Å². The van der Waals surface area contributed by atoms with Gasteiger partial charge in [0.2, 0.25) is 0 Å². The van der Waals surface area contributed by atoms with Crippen LogP contribution >= 0.6 is 12.4 Å². The van der Waals surface area contributed by atoms with Crippen LogP contribution in [-0.2, 0) is 6.54 Å². The monoisotopic (exact) mass is 227 g/mol. The third-order valence-corrected chi connectivity index (χ3v) is 2.34. The maximum absolute atomic E-state index is 11.3. The molecule has 1 heterocycles. The Bertz CT molecular complexity index is 339. The Morgan fingerprint density at radius 1 is 1.33 bits per heavy atom. The maximum Gasteiger partial charge on any atom is 0.321 e. The molecule has 15 heavy (non-hydrogen) atoms. The molecule has 1 saturated heterocycles. The lowest BCUT2D eigenvalue weighted by atomic mass is 10.2. The number of hydrogen-bond donors (Lipinski definition) is 2. The predicted molar refractivity (Wildman–Crippen MR) is 62.3 cm³/mol. The number of nitrogens with zero attached hydrogens (tertiary/aromatic N) is 1. The summed E-state index contributed by atoms with van der Waals surface area (Å²) in [6.45, 7) is 1.99.